The van der Waals surface area contributed by atoms with Crippen molar-refractivity contribution in [2.45, 2.75) is 31.8 Å². The number of hydrogen-bond donors (Lipinski definition) is 0. The highest BCUT2D eigenvalue weighted by atomic mass is 127. The van der Waals surface area contributed by atoms with E-state index < -0.39 is 0 Å². The molecule has 1 saturated heterocycles. The highest BCUT2D eigenvalue weighted by molar-refractivity contribution is 14.1. The van der Waals surface area contributed by atoms with E-state index in [2.05, 4.69) is 27.5 Å². The second kappa shape index (κ2) is 3.43. The first-order chi connectivity index (χ1) is 8.22. The maximum Gasteiger partial charge on any atom is 0.131 e. The Kier molecular flexibility index (Phi) is 2.08. The highest BCUT2D eigenvalue weighted by Gasteiger charge is 2.44. The molecule has 1 saturated carbocycles. The lowest BCUT2D eigenvalue weighted by Gasteiger charge is -2.34. The van der Waals surface area contributed by atoms with Crippen LogP contribution in [-0.4, -0.2) is 16.8 Å². The quantitative estimate of drug-likeness (QED) is 0.660. The molecule has 1 aromatic carbocycles. The molecule has 1 aliphatic carbocycles. The standard InChI is InChI=1S/C13H12FIN2/c14-11-4-8(15)5-12-10(11)6-17-9-2-1-7(3-9)13(17)16-12/h4-5,7,9H,1-3,6H2. The van der Waals surface area contributed by atoms with Crippen LogP contribution < -0.4 is 0 Å². The minimum Gasteiger partial charge on any atom is -0.352 e. The largest absolute Gasteiger partial charge is 0.352 e. The van der Waals surface area contributed by atoms with Crippen LogP contribution in [0, 0.1) is 15.3 Å². The van der Waals surface area contributed by atoms with Gasteiger partial charge in [-0.2, -0.15) is 0 Å². The summed E-state index contributed by atoms with van der Waals surface area (Å²) < 4.78 is 14.9. The minimum atomic E-state index is -0.0996. The molecule has 88 valence electrons. The molecule has 2 fully saturated rings. The van der Waals surface area contributed by atoms with Crippen molar-refractivity contribution in [1.82, 2.24) is 4.90 Å². The molecule has 4 rings (SSSR count). The van der Waals surface area contributed by atoms with Gasteiger partial charge >= 0.3 is 0 Å². The third-order valence-electron chi connectivity index (χ3n) is 4.21. The highest BCUT2D eigenvalue weighted by Crippen LogP contribution is 2.44. The molecule has 2 unspecified atom stereocenters. The van der Waals surface area contributed by atoms with Crippen LogP contribution in [0.1, 0.15) is 24.8 Å². The van der Waals surface area contributed by atoms with Crippen molar-refractivity contribution in [3.8, 4) is 0 Å². The number of aliphatic imine (C=N–C) groups is 1. The van der Waals surface area contributed by atoms with Crippen LogP contribution in [0.15, 0.2) is 17.1 Å². The van der Waals surface area contributed by atoms with E-state index in [9.17, 15) is 4.39 Å². The second-order valence-electron chi connectivity index (χ2n) is 5.15. The summed E-state index contributed by atoms with van der Waals surface area (Å²) in [7, 11) is 0. The summed E-state index contributed by atoms with van der Waals surface area (Å²) in [6, 6.07) is 4.22. The van der Waals surface area contributed by atoms with Crippen LogP contribution >= 0.6 is 22.6 Å². The van der Waals surface area contributed by atoms with E-state index in [1.165, 1.54) is 25.1 Å². The van der Waals surface area contributed by atoms with Crippen LogP contribution in [0.5, 0.6) is 0 Å². The molecule has 17 heavy (non-hydrogen) atoms. The summed E-state index contributed by atoms with van der Waals surface area (Å²) in [4.78, 5) is 7.04. The first-order valence-corrected chi connectivity index (χ1v) is 7.13. The van der Waals surface area contributed by atoms with Crippen molar-refractivity contribution < 1.29 is 4.39 Å². The molecule has 1 aromatic rings. The van der Waals surface area contributed by atoms with Crippen molar-refractivity contribution in [2.24, 2.45) is 10.9 Å². The number of rotatable bonds is 0. The Morgan fingerprint density at radius 1 is 1.35 bits per heavy atom. The average Bonchev–Trinajstić information content (AvgIpc) is 2.87. The van der Waals surface area contributed by atoms with E-state index in [4.69, 9.17) is 4.99 Å². The van der Waals surface area contributed by atoms with Crippen molar-refractivity contribution in [2.75, 3.05) is 0 Å². The molecule has 0 N–H and O–H groups in total. The molecule has 3 aliphatic rings. The average molecular weight is 342 g/mol. The Morgan fingerprint density at radius 3 is 3.12 bits per heavy atom. The van der Waals surface area contributed by atoms with E-state index >= 15 is 0 Å². The van der Waals surface area contributed by atoms with Gasteiger partial charge in [-0.15, -0.1) is 0 Å². The van der Waals surface area contributed by atoms with Gasteiger partial charge in [0.1, 0.15) is 11.7 Å². The lowest BCUT2D eigenvalue weighted by Crippen LogP contribution is -2.38. The number of hydrogen-bond acceptors (Lipinski definition) is 2. The predicted octanol–water partition coefficient (Wildman–Crippen LogP) is 3.46. The van der Waals surface area contributed by atoms with Gasteiger partial charge in [0, 0.05) is 27.6 Å². The number of nitrogens with zero attached hydrogens (tertiary/aromatic N) is 2. The molecular formula is C13H12FIN2. The maximum absolute atomic E-state index is 13.9. The Labute approximate surface area is 113 Å². The Balaban J connectivity index is 1.87. The number of halogens is 2. The molecule has 2 heterocycles. The van der Waals surface area contributed by atoms with Crippen molar-refractivity contribution in [3.63, 3.8) is 0 Å². The number of fused-ring (bicyclic) bond motifs is 6. The van der Waals surface area contributed by atoms with Gasteiger partial charge in [-0.25, -0.2) is 9.38 Å². The lowest BCUT2D eigenvalue weighted by molar-refractivity contribution is 0.312. The Morgan fingerprint density at radius 2 is 2.24 bits per heavy atom. The SMILES string of the molecule is Fc1cc(I)cc2c1CN1C(=N2)C2CCC1C2. The number of amidine groups is 1. The fourth-order valence-corrected chi connectivity index (χ4v) is 3.97. The van der Waals surface area contributed by atoms with E-state index in [1.807, 2.05) is 6.07 Å². The first kappa shape index (κ1) is 10.3. The molecule has 0 radical (unpaired) electrons. The normalized spacial score (nSPS) is 29.1. The summed E-state index contributed by atoms with van der Waals surface area (Å²) >= 11 is 2.15. The molecule has 0 amide bonds. The summed E-state index contributed by atoms with van der Waals surface area (Å²) in [6.07, 6.45) is 3.75. The van der Waals surface area contributed by atoms with Gasteiger partial charge in [0.05, 0.1) is 5.69 Å². The van der Waals surface area contributed by atoms with E-state index in [1.54, 1.807) is 6.07 Å². The van der Waals surface area contributed by atoms with Crippen molar-refractivity contribution in [3.05, 3.63) is 27.1 Å². The summed E-state index contributed by atoms with van der Waals surface area (Å²) in [5.74, 6) is 1.75. The Bertz CT molecular complexity index is 540. The van der Waals surface area contributed by atoms with Crippen LogP contribution in [0.4, 0.5) is 10.1 Å². The topological polar surface area (TPSA) is 15.6 Å². The predicted molar refractivity (Wildman–Crippen MR) is 72.9 cm³/mol. The fraction of sp³-hybridized carbons (Fsp3) is 0.462. The fourth-order valence-electron chi connectivity index (χ4n) is 3.40. The molecule has 2 nitrogen and oxygen atoms in total. The summed E-state index contributed by atoms with van der Waals surface area (Å²) in [5.41, 5.74) is 1.63. The van der Waals surface area contributed by atoms with Gasteiger partial charge < -0.3 is 4.90 Å². The van der Waals surface area contributed by atoms with Gasteiger partial charge in [0.15, 0.2) is 0 Å². The number of piperidine rings is 1. The summed E-state index contributed by atoms with van der Waals surface area (Å²) in [5, 5.41) is 0. The lowest BCUT2D eigenvalue weighted by atomic mass is 10.0. The van der Waals surface area contributed by atoms with E-state index in [0.717, 1.165) is 21.4 Å². The van der Waals surface area contributed by atoms with Crippen LogP contribution in [0.2, 0.25) is 0 Å². The molecule has 2 atom stereocenters. The zero-order valence-electron chi connectivity index (χ0n) is 9.29. The third-order valence-corrected chi connectivity index (χ3v) is 4.83. The second-order valence-corrected chi connectivity index (χ2v) is 6.39. The van der Waals surface area contributed by atoms with Gasteiger partial charge in [-0.3, -0.25) is 0 Å². The van der Waals surface area contributed by atoms with Gasteiger partial charge in [0.2, 0.25) is 0 Å². The molecule has 2 aliphatic heterocycles. The minimum absolute atomic E-state index is 0.0996. The summed E-state index contributed by atoms with van der Waals surface area (Å²) in [6.45, 7) is 0.720. The van der Waals surface area contributed by atoms with Gasteiger partial charge in [0.25, 0.3) is 0 Å². The van der Waals surface area contributed by atoms with Crippen molar-refractivity contribution in [1.29, 1.82) is 0 Å². The Hall–Kier alpha value is -0.650. The van der Waals surface area contributed by atoms with E-state index in [0.29, 0.717) is 12.0 Å². The van der Waals surface area contributed by atoms with E-state index in [-0.39, 0.29) is 5.82 Å². The number of benzene rings is 1. The van der Waals surface area contributed by atoms with Gasteiger partial charge in [-0.05, 0) is 54.0 Å². The smallest absolute Gasteiger partial charge is 0.131 e. The first-order valence-electron chi connectivity index (χ1n) is 6.05. The zero-order chi connectivity index (χ0) is 11.6. The van der Waals surface area contributed by atoms with Gasteiger partial charge in [-0.1, -0.05) is 0 Å². The molecule has 2 bridgehead atoms. The molecule has 0 spiro atoms. The monoisotopic (exact) mass is 342 g/mol. The van der Waals surface area contributed by atoms with Crippen molar-refractivity contribution >= 4 is 34.1 Å². The molecule has 4 heteroatoms. The zero-order valence-corrected chi connectivity index (χ0v) is 11.4. The molecule has 0 aromatic heterocycles. The van der Waals surface area contributed by atoms with Crippen LogP contribution in [-0.2, 0) is 6.54 Å². The van der Waals surface area contributed by atoms with Crippen LogP contribution in [0.3, 0.4) is 0 Å². The third kappa shape index (κ3) is 1.39. The molecular weight excluding hydrogens is 330 g/mol. The maximum atomic E-state index is 13.9. The van der Waals surface area contributed by atoms with Crippen LogP contribution in [0.25, 0.3) is 0 Å².